The van der Waals surface area contributed by atoms with E-state index >= 15 is 0 Å². The van der Waals surface area contributed by atoms with Gasteiger partial charge in [0, 0.05) is 18.0 Å². The molecular weight excluding hydrogens is 286 g/mol. The maximum absolute atomic E-state index is 12.2. The van der Waals surface area contributed by atoms with Gasteiger partial charge in [0.15, 0.2) is 0 Å². The van der Waals surface area contributed by atoms with Gasteiger partial charge in [-0.05, 0) is 44.1 Å². The Morgan fingerprint density at radius 1 is 1.43 bits per heavy atom. The number of hydrogen-bond acceptors (Lipinski definition) is 5. The third kappa shape index (κ3) is 2.88. The molecule has 1 aliphatic carbocycles. The molecule has 0 aromatic carbocycles. The van der Waals surface area contributed by atoms with Crippen molar-refractivity contribution in [3.05, 3.63) is 26.6 Å². The minimum atomic E-state index is -0.0462. The monoisotopic (exact) mass is 307 g/mol. The summed E-state index contributed by atoms with van der Waals surface area (Å²) in [6.45, 7) is 5.67. The highest BCUT2D eigenvalue weighted by atomic mass is 32.1. The number of thiophene rings is 1. The number of H-pyrrole nitrogens is 1. The van der Waals surface area contributed by atoms with Crippen LogP contribution in [-0.4, -0.2) is 28.2 Å². The van der Waals surface area contributed by atoms with Crippen molar-refractivity contribution in [2.45, 2.75) is 39.7 Å². The van der Waals surface area contributed by atoms with Crippen LogP contribution in [0.4, 0.5) is 0 Å². The van der Waals surface area contributed by atoms with E-state index in [0.29, 0.717) is 12.4 Å². The lowest BCUT2D eigenvalue weighted by Gasteiger charge is -2.14. The van der Waals surface area contributed by atoms with Crippen LogP contribution in [0.3, 0.4) is 0 Å². The van der Waals surface area contributed by atoms with Crippen molar-refractivity contribution in [1.29, 1.82) is 0 Å². The summed E-state index contributed by atoms with van der Waals surface area (Å²) < 4.78 is 0. The molecule has 2 heterocycles. The first-order valence-electron chi connectivity index (χ1n) is 7.35. The van der Waals surface area contributed by atoms with E-state index in [1.807, 2.05) is 13.8 Å². The first-order chi connectivity index (χ1) is 10.0. The summed E-state index contributed by atoms with van der Waals surface area (Å²) in [6, 6.07) is 0. The molecule has 0 atom stereocenters. The van der Waals surface area contributed by atoms with E-state index in [1.165, 1.54) is 12.8 Å². The molecule has 0 radical (unpaired) electrons. The molecule has 0 unspecified atom stereocenters. The average molecular weight is 307 g/mol. The quantitative estimate of drug-likeness (QED) is 0.761. The van der Waals surface area contributed by atoms with Crippen LogP contribution in [0.5, 0.6) is 0 Å². The molecule has 114 valence electrons. The predicted octanol–water partition coefficient (Wildman–Crippen LogP) is 1.85. The van der Waals surface area contributed by atoms with E-state index in [0.717, 1.165) is 33.6 Å². The predicted molar refractivity (Wildman–Crippen MR) is 84.8 cm³/mol. The fraction of sp³-hybridized carbons (Fsp3) is 0.600. The van der Waals surface area contributed by atoms with Crippen LogP contribution in [0.1, 0.15) is 35.5 Å². The van der Waals surface area contributed by atoms with Gasteiger partial charge in [0.1, 0.15) is 10.7 Å². The lowest BCUT2D eigenvalue weighted by molar-refractivity contribution is 0.245. The van der Waals surface area contributed by atoms with E-state index in [-0.39, 0.29) is 17.6 Å². The number of aromatic nitrogens is 2. The van der Waals surface area contributed by atoms with Crippen LogP contribution < -0.4 is 10.9 Å². The first-order valence-corrected chi connectivity index (χ1v) is 8.17. The molecule has 6 heteroatoms. The van der Waals surface area contributed by atoms with Crippen LogP contribution in [0.25, 0.3) is 10.2 Å². The summed E-state index contributed by atoms with van der Waals surface area (Å²) in [5.41, 5.74) is 1.26. The summed E-state index contributed by atoms with van der Waals surface area (Å²) in [4.78, 5) is 21.6. The minimum Gasteiger partial charge on any atom is -0.396 e. The molecule has 0 bridgehead atoms. The molecule has 1 saturated carbocycles. The maximum atomic E-state index is 12.2. The molecule has 5 nitrogen and oxygen atoms in total. The molecule has 3 N–H and O–H groups in total. The molecular formula is C15H21N3O2S. The van der Waals surface area contributed by atoms with E-state index in [2.05, 4.69) is 15.3 Å². The number of hydrogen-bond donors (Lipinski definition) is 3. The minimum absolute atomic E-state index is 0.0462. The summed E-state index contributed by atoms with van der Waals surface area (Å²) >= 11 is 1.57. The summed E-state index contributed by atoms with van der Waals surface area (Å²) in [5, 5.41) is 13.1. The molecule has 0 spiro atoms. The van der Waals surface area contributed by atoms with E-state index in [4.69, 9.17) is 5.11 Å². The van der Waals surface area contributed by atoms with Gasteiger partial charge in [0.25, 0.3) is 5.56 Å². The molecule has 0 saturated heterocycles. The third-order valence-electron chi connectivity index (χ3n) is 4.48. The van der Waals surface area contributed by atoms with Gasteiger partial charge in [-0.3, -0.25) is 4.79 Å². The molecule has 3 rings (SSSR count). The topological polar surface area (TPSA) is 78.0 Å². The number of aliphatic hydroxyl groups is 1. The van der Waals surface area contributed by atoms with Gasteiger partial charge < -0.3 is 15.4 Å². The lowest BCUT2D eigenvalue weighted by atomic mass is 10.0. The van der Waals surface area contributed by atoms with Crippen LogP contribution in [-0.2, 0) is 6.54 Å². The molecule has 21 heavy (non-hydrogen) atoms. The van der Waals surface area contributed by atoms with E-state index in [1.54, 1.807) is 11.3 Å². The third-order valence-corrected chi connectivity index (χ3v) is 5.58. The lowest BCUT2D eigenvalue weighted by Crippen LogP contribution is -2.26. The number of fused-ring (bicyclic) bond motifs is 1. The molecule has 1 aliphatic rings. The zero-order valence-electron chi connectivity index (χ0n) is 12.5. The smallest absolute Gasteiger partial charge is 0.259 e. The number of rotatable bonds is 6. The number of nitrogens with one attached hydrogen (secondary N) is 2. The van der Waals surface area contributed by atoms with Gasteiger partial charge in [-0.2, -0.15) is 0 Å². The van der Waals surface area contributed by atoms with Gasteiger partial charge in [-0.1, -0.05) is 0 Å². The standard InChI is InChI=1S/C15H21N3O2S/c1-9-10(2)21-14-12(9)13(20)17-11(18-14)7-16-8-15(3-4-15)5-6-19/h16,19H,3-8H2,1-2H3,(H,17,18,20). The molecule has 2 aromatic heterocycles. The Labute approximate surface area is 127 Å². The second-order valence-corrected chi connectivity index (χ2v) is 7.26. The zero-order valence-corrected chi connectivity index (χ0v) is 13.3. The fourth-order valence-corrected chi connectivity index (χ4v) is 3.81. The van der Waals surface area contributed by atoms with Gasteiger partial charge in [0.2, 0.25) is 0 Å². The Morgan fingerprint density at radius 2 is 2.19 bits per heavy atom. The Bertz CT molecular complexity index is 716. The Hall–Kier alpha value is -1.24. The normalized spacial score (nSPS) is 16.5. The van der Waals surface area contributed by atoms with Crippen molar-refractivity contribution in [3.8, 4) is 0 Å². The SMILES string of the molecule is Cc1sc2nc(CNCC3(CCO)CC3)[nH]c(=O)c2c1C. The zero-order chi connectivity index (χ0) is 15.0. The van der Waals surface area contributed by atoms with Crippen LogP contribution in [0, 0.1) is 19.3 Å². The van der Waals surface area contributed by atoms with E-state index in [9.17, 15) is 4.79 Å². The van der Waals surface area contributed by atoms with Crippen molar-refractivity contribution >= 4 is 21.6 Å². The highest BCUT2D eigenvalue weighted by Gasteiger charge is 2.41. The summed E-state index contributed by atoms with van der Waals surface area (Å²) in [7, 11) is 0. The fourth-order valence-electron chi connectivity index (χ4n) is 2.76. The van der Waals surface area contributed by atoms with Crippen LogP contribution >= 0.6 is 11.3 Å². The molecule has 2 aromatic rings. The van der Waals surface area contributed by atoms with Crippen LogP contribution in [0.15, 0.2) is 4.79 Å². The Kier molecular flexibility index (Phi) is 3.86. The highest BCUT2D eigenvalue weighted by Crippen LogP contribution is 2.47. The first kappa shape index (κ1) is 14.7. The highest BCUT2D eigenvalue weighted by molar-refractivity contribution is 7.18. The van der Waals surface area contributed by atoms with Crippen LogP contribution in [0.2, 0.25) is 0 Å². The Balaban J connectivity index is 1.72. The van der Waals surface area contributed by atoms with Crippen molar-refractivity contribution < 1.29 is 5.11 Å². The van der Waals surface area contributed by atoms with Crippen molar-refractivity contribution in [2.75, 3.05) is 13.2 Å². The molecule has 0 amide bonds. The number of aliphatic hydroxyl groups excluding tert-OH is 1. The second kappa shape index (κ2) is 5.51. The van der Waals surface area contributed by atoms with Crippen molar-refractivity contribution in [2.24, 2.45) is 5.41 Å². The number of aromatic amines is 1. The maximum Gasteiger partial charge on any atom is 0.259 e. The van der Waals surface area contributed by atoms with Gasteiger partial charge in [-0.25, -0.2) is 4.98 Å². The summed E-state index contributed by atoms with van der Waals surface area (Å²) in [5.74, 6) is 0.688. The molecule has 0 aliphatic heterocycles. The van der Waals surface area contributed by atoms with Gasteiger partial charge in [0.05, 0.1) is 11.9 Å². The van der Waals surface area contributed by atoms with Crippen molar-refractivity contribution in [3.63, 3.8) is 0 Å². The Morgan fingerprint density at radius 3 is 2.86 bits per heavy atom. The summed E-state index contributed by atoms with van der Waals surface area (Å²) in [6.07, 6.45) is 3.20. The largest absolute Gasteiger partial charge is 0.396 e. The number of nitrogens with zero attached hydrogens (tertiary/aromatic N) is 1. The van der Waals surface area contributed by atoms with Crippen molar-refractivity contribution in [1.82, 2.24) is 15.3 Å². The second-order valence-electron chi connectivity index (χ2n) is 6.05. The average Bonchev–Trinajstić information content (AvgIpc) is 3.11. The van der Waals surface area contributed by atoms with Gasteiger partial charge >= 0.3 is 0 Å². The number of aryl methyl sites for hydroxylation is 2. The van der Waals surface area contributed by atoms with Gasteiger partial charge in [-0.15, -0.1) is 11.3 Å². The molecule has 1 fully saturated rings. The van der Waals surface area contributed by atoms with E-state index < -0.39 is 0 Å².